The van der Waals surface area contributed by atoms with Crippen LogP contribution in [0, 0.1) is 23.7 Å². The van der Waals surface area contributed by atoms with E-state index < -0.39 is 72.3 Å². The minimum atomic E-state index is -7.32. The van der Waals surface area contributed by atoms with Crippen LogP contribution in [0.1, 0.15) is 6.42 Å². The lowest BCUT2D eigenvalue weighted by atomic mass is 9.60. The summed E-state index contributed by atoms with van der Waals surface area (Å²) in [6, 6.07) is 0. The van der Waals surface area contributed by atoms with Gasteiger partial charge in [-0.3, -0.25) is 4.74 Å². The van der Waals surface area contributed by atoms with E-state index in [9.17, 15) is 61.5 Å². The Labute approximate surface area is 163 Å². The summed E-state index contributed by atoms with van der Waals surface area (Å²) in [4.78, 5) is 0. The average Bonchev–Trinajstić information content (AvgIpc) is 3.17. The van der Waals surface area contributed by atoms with Gasteiger partial charge in [0.2, 0.25) is 0 Å². The molecule has 2 nitrogen and oxygen atoms in total. The van der Waals surface area contributed by atoms with Crippen molar-refractivity contribution in [3.8, 4) is 0 Å². The molecule has 2 bridgehead atoms. The summed E-state index contributed by atoms with van der Waals surface area (Å²) in [5.74, 6) is -27.8. The van der Waals surface area contributed by atoms with Crippen LogP contribution in [0.2, 0.25) is 0 Å². The van der Waals surface area contributed by atoms with Gasteiger partial charge in [0.15, 0.2) is 0 Å². The first-order valence-electron chi connectivity index (χ1n) is 8.29. The highest BCUT2D eigenvalue weighted by molar-refractivity contribution is 5.27. The van der Waals surface area contributed by atoms with Gasteiger partial charge in [0.05, 0.1) is 0 Å². The monoisotopic (exact) mass is 488 g/mol. The zero-order valence-electron chi connectivity index (χ0n) is 14.5. The quantitative estimate of drug-likeness (QED) is 0.348. The van der Waals surface area contributed by atoms with Crippen molar-refractivity contribution in [1.29, 1.82) is 0 Å². The van der Waals surface area contributed by atoms with Gasteiger partial charge in [0.1, 0.15) is 6.61 Å². The van der Waals surface area contributed by atoms with Crippen molar-refractivity contribution in [2.75, 3.05) is 6.61 Å². The van der Waals surface area contributed by atoms with Crippen LogP contribution >= 0.6 is 0 Å². The van der Waals surface area contributed by atoms with E-state index in [4.69, 9.17) is 0 Å². The molecule has 0 N–H and O–H groups in total. The van der Waals surface area contributed by atoms with E-state index in [0.717, 1.165) is 0 Å². The van der Waals surface area contributed by atoms with Gasteiger partial charge >= 0.3 is 36.2 Å². The fourth-order valence-corrected chi connectivity index (χ4v) is 4.17. The number of fused-ring (bicyclic) bond motifs is 5. The highest BCUT2D eigenvalue weighted by atomic mass is 19.4. The second-order valence-corrected chi connectivity index (χ2v) is 7.47. The van der Waals surface area contributed by atoms with Crippen LogP contribution in [0.3, 0.4) is 0 Å². The van der Waals surface area contributed by atoms with Gasteiger partial charge < -0.3 is 4.74 Å². The lowest BCUT2D eigenvalue weighted by Crippen LogP contribution is -2.72. The molecule has 0 aliphatic heterocycles. The van der Waals surface area contributed by atoms with Crippen molar-refractivity contribution in [2.45, 2.75) is 48.4 Å². The second kappa shape index (κ2) is 6.38. The van der Waals surface area contributed by atoms with E-state index in [2.05, 4.69) is 9.47 Å². The highest BCUT2D eigenvalue weighted by Gasteiger charge is 2.84. The molecule has 6 unspecified atom stereocenters. The van der Waals surface area contributed by atoms with Crippen molar-refractivity contribution in [3.05, 3.63) is 12.2 Å². The van der Waals surface area contributed by atoms with E-state index in [-0.39, 0.29) is 6.42 Å². The molecule has 0 aromatic carbocycles. The van der Waals surface area contributed by atoms with Crippen LogP contribution in [-0.4, -0.2) is 48.6 Å². The molecule has 0 saturated heterocycles. The Morgan fingerprint density at radius 3 is 1.68 bits per heavy atom. The lowest BCUT2D eigenvalue weighted by Gasteiger charge is -2.56. The van der Waals surface area contributed by atoms with E-state index in [1.54, 1.807) is 0 Å². The maximum absolute atomic E-state index is 14.8. The van der Waals surface area contributed by atoms with Crippen LogP contribution in [-0.2, 0) is 9.47 Å². The number of hydrogen-bond acceptors (Lipinski definition) is 2. The Kier molecular flexibility index (Phi) is 5.01. The predicted octanol–water partition coefficient (Wildman–Crippen LogP) is 5.79. The molecule has 3 aliphatic carbocycles. The van der Waals surface area contributed by atoms with Crippen LogP contribution in [0.25, 0.3) is 0 Å². The van der Waals surface area contributed by atoms with Gasteiger partial charge in [-0.2, -0.15) is 57.1 Å². The number of rotatable bonds is 6. The van der Waals surface area contributed by atoms with Gasteiger partial charge in [-0.1, -0.05) is 12.2 Å². The molecule has 31 heavy (non-hydrogen) atoms. The summed E-state index contributed by atoms with van der Waals surface area (Å²) >= 11 is 0. The second-order valence-electron chi connectivity index (χ2n) is 7.47. The normalized spacial score (nSPS) is 36.8. The summed E-state index contributed by atoms with van der Waals surface area (Å²) < 4.78 is 190. The maximum atomic E-state index is 14.8. The number of ether oxygens (including phenoxy) is 2. The van der Waals surface area contributed by atoms with Gasteiger partial charge in [-0.05, 0) is 18.3 Å². The lowest BCUT2D eigenvalue weighted by molar-refractivity contribution is -0.496. The Bertz CT molecular complexity index is 758. The first kappa shape index (κ1) is 24.3. The van der Waals surface area contributed by atoms with Crippen molar-refractivity contribution >= 4 is 0 Å². The zero-order valence-corrected chi connectivity index (χ0v) is 14.5. The third-order valence-corrected chi connectivity index (χ3v) is 5.66. The highest BCUT2D eigenvalue weighted by Crippen LogP contribution is 2.71. The average molecular weight is 488 g/mol. The molecular formula is C15H10F14O2. The Morgan fingerprint density at radius 2 is 1.23 bits per heavy atom. The van der Waals surface area contributed by atoms with Gasteiger partial charge in [-0.25, -0.2) is 4.39 Å². The minimum absolute atomic E-state index is 0.0492. The number of allylic oxidation sites excluding steroid dienone is 2. The minimum Gasteiger partial charge on any atom is -0.335 e. The van der Waals surface area contributed by atoms with Crippen LogP contribution < -0.4 is 0 Å². The van der Waals surface area contributed by atoms with Crippen LogP contribution in [0.15, 0.2) is 12.2 Å². The fraction of sp³-hybridized carbons (Fsp3) is 0.867. The van der Waals surface area contributed by atoms with E-state index in [1.807, 2.05) is 0 Å². The molecule has 3 rings (SSSR count). The molecule has 16 heteroatoms. The molecule has 0 amide bonds. The molecule has 2 fully saturated rings. The molecule has 3 aliphatic rings. The molecule has 180 valence electrons. The van der Waals surface area contributed by atoms with Crippen molar-refractivity contribution in [3.63, 3.8) is 0 Å². The molecule has 0 aromatic rings. The first-order chi connectivity index (χ1) is 13.6. The maximum Gasteiger partial charge on any atom is 0.462 e. The van der Waals surface area contributed by atoms with E-state index in [1.165, 1.54) is 12.2 Å². The topological polar surface area (TPSA) is 18.5 Å². The summed E-state index contributed by atoms with van der Waals surface area (Å²) in [6.45, 7) is -3.20. The first-order valence-corrected chi connectivity index (χ1v) is 8.29. The number of halogens is 14. The van der Waals surface area contributed by atoms with Crippen molar-refractivity contribution < 1.29 is 70.9 Å². The molecule has 0 heterocycles. The SMILES string of the molecule is FC(F)(F)C(F)(COC1(F)C2C3C=CC(C3)C2C1(F)F)OC(F)(F)C(F)(F)C(F)(F)F. The smallest absolute Gasteiger partial charge is 0.335 e. The molecule has 2 saturated carbocycles. The Morgan fingerprint density at radius 1 is 0.742 bits per heavy atom. The Hall–Kier alpha value is -1.32. The molecule has 0 spiro atoms. The van der Waals surface area contributed by atoms with Gasteiger partial charge in [-0.15, -0.1) is 0 Å². The number of hydrogen-bond donors (Lipinski definition) is 0. The van der Waals surface area contributed by atoms with E-state index in [0.29, 0.717) is 0 Å². The summed E-state index contributed by atoms with van der Waals surface area (Å²) in [6.07, 6.45) is -18.7. The molecule has 0 radical (unpaired) electrons. The van der Waals surface area contributed by atoms with E-state index >= 15 is 0 Å². The zero-order chi connectivity index (χ0) is 24.1. The Balaban J connectivity index is 1.85. The summed E-state index contributed by atoms with van der Waals surface area (Å²) in [5.41, 5.74) is 0. The fourth-order valence-electron chi connectivity index (χ4n) is 4.17. The van der Waals surface area contributed by atoms with Crippen LogP contribution in [0.4, 0.5) is 61.5 Å². The summed E-state index contributed by atoms with van der Waals surface area (Å²) in [5, 5.41) is 0. The van der Waals surface area contributed by atoms with Crippen LogP contribution in [0.5, 0.6) is 0 Å². The third-order valence-electron chi connectivity index (χ3n) is 5.66. The summed E-state index contributed by atoms with van der Waals surface area (Å²) in [7, 11) is 0. The standard InChI is InChI=1S/C15H10F14O2/c16-9(13(22,23)24,31-15(28,29)12(20,21)14(25,26)27)4-30-11(19)8-6-2-1-5(3-6)7(8)10(11,17)18/h1-2,5-8H,3-4H2. The molecular weight excluding hydrogens is 478 g/mol. The van der Waals surface area contributed by atoms with Crippen molar-refractivity contribution in [1.82, 2.24) is 0 Å². The third kappa shape index (κ3) is 3.14. The van der Waals surface area contributed by atoms with Gasteiger partial charge in [0.25, 0.3) is 5.85 Å². The molecule has 0 aromatic heterocycles. The van der Waals surface area contributed by atoms with Gasteiger partial charge in [0, 0.05) is 11.8 Å². The largest absolute Gasteiger partial charge is 0.462 e. The number of alkyl halides is 14. The van der Waals surface area contributed by atoms with Crippen molar-refractivity contribution in [2.24, 2.45) is 23.7 Å². The predicted molar refractivity (Wildman–Crippen MR) is 69.4 cm³/mol. The molecule has 6 atom stereocenters.